The van der Waals surface area contributed by atoms with E-state index in [4.69, 9.17) is 16.7 Å². The van der Waals surface area contributed by atoms with Gasteiger partial charge in [0.05, 0.1) is 17.1 Å². The van der Waals surface area contributed by atoms with Gasteiger partial charge in [0, 0.05) is 16.5 Å². The van der Waals surface area contributed by atoms with Crippen LogP contribution in [0.5, 0.6) is 0 Å². The van der Waals surface area contributed by atoms with Crippen LogP contribution in [0.25, 0.3) is 16.9 Å². The van der Waals surface area contributed by atoms with Crippen LogP contribution in [0, 0.1) is 6.92 Å². The Morgan fingerprint density at radius 2 is 1.80 bits per heavy atom. The lowest BCUT2D eigenvalue weighted by molar-refractivity contribution is 0.450. The molecule has 1 aliphatic heterocycles. The number of piperidine rings is 1. The Hall–Kier alpha value is -2.10. The van der Waals surface area contributed by atoms with Gasteiger partial charge in [-0.05, 0) is 62.7 Å². The van der Waals surface area contributed by atoms with E-state index >= 15 is 0 Å². The molecule has 0 bridgehead atoms. The van der Waals surface area contributed by atoms with Gasteiger partial charge in [-0.15, -0.1) is 0 Å². The number of para-hydroxylation sites is 1. The minimum atomic E-state index is 0.518. The molecule has 0 unspecified atom stereocenters. The summed E-state index contributed by atoms with van der Waals surface area (Å²) in [5.41, 5.74) is 5.82. The molecule has 2 heterocycles. The number of benzene rings is 2. The number of nitrogens with zero attached hydrogens (tertiary/aromatic N) is 2. The third kappa shape index (κ3) is 3.22. The van der Waals surface area contributed by atoms with Crippen molar-refractivity contribution in [2.24, 2.45) is 0 Å². The van der Waals surface area contributed by atoms with Gasteiger partial charge in [0.25, 0.3) is 0 Å². The fourth-order valence-electron chi connectivity index (χ4n) is 3.73. The van der Waals surface area contributed by atoms with Crippen LogP contribution in [0.15, 0.2) is 54.6 Å². The quantitative estimate of drug-likeness (QED) is 0.722. The van der Waals surface area contributed by atoms with Crippen molar-refractivity contribution in [2.75, 3.05) is 13.1 Å². The SMILES string of the molecule is Cc1c(C2CCNCC2)nn(-c2ccccc2)c1-c1cccc(Cl)c1. The smallest absolute Gasteiger partial charge is 0.0773 e. The highest BCUT2D eigenvalue weighted by molar-refractivity contribution is 6.30. The molecule has 25 heavy (non-hydrogen) atoms. The Labute approximate surface area is 153 Å². The van der Waals surface area contributed by atoms with Crippen LogP contribution in [-0.4, -0.2) is 22.9 Å². The summed E-state index contributed by atoms with van der Waals surface area (Å²) >= 11 is 6.26. The molecule has 4 rings (SSSR count). The molecule has 0 radical (unpaired) electrons. The standard InChI is InChI=1S/C21H22ClN3/c1-15-20(16-10-12-23-13-11-16)24-25(19-8-3-2-4-9-19)21(15)17-6-5-7-18(22)14-17/h2-9,14,16,23H,10-13H2,1H3. The number of hydrogen-bond donors (Lipinski definition) is 1. The van der Waals surface area contributed by atoms with Crippen LogP contribution in [0.2, 0.25) is 5.02 Å². The number of halogens is 1. The number of hydrogen-bond acceptors (Lipinski definition) is 2. The van der Waals surface area contributed by atoms with Gasteiger partial charge in [-0.25, -0.2) is 4.68 Å². The first kappa shape index (κ1) is 16.4. The molecule has 1 N–H and O–H groups in total. The Morgan fingerprint density at radius 3 is 2.52 bits per heavy atom. The van der Waals surface area contributed by atoms with Gasteiger partial charge in [-0.2, -0.15) is 5.10 Å². The van der Waals surface area contributed by atoms with E-state index in [-0.39, 0.29) is 0 Å². The second kappa shape index (κ2) is 7.03. The largest absolute Gasteiger partial charge is 0.317 e. The molecule has 1 aromatic heterocycles. The Morgan fingerprint density at radius 1 is 1.04 bits per heavy atom. The zero-order chi connectivity index (χ0) is 17.2. The van der Waals surface area contributed by atoms with Crippen molar-refractivity contribution in [2.45, 2.75) is 25.7 Å². The highest BCUT2D eigenvalue weighted by Crippen LogP contribution is 2.35. The molecular formula is C21H22ClN3. The summed E-state index contributed by atoms with van der Waals surface area (Å²) in [6.07, 6.45) is 2.28. The average Bonchev–Trinajstić information content (AvgIpc) is 3.00. The van der Waals surface area contributed by atoms with Crippen molar-refractivity contribution >= 4 is 11.6 Å². The molecular weight excluding hydrogens is 330 g/mol. The molecule has 0 aliphatic carbocycles. The summed E-state index contributed by atoms with van der Waals surface area (Å²) < 4.78 is 2.08. The Kier molecular flexibility index (Phi) is 4.60. The fourth-order valence-corrected chi connectivity index (χ4v) is 3.92. The molecule has 0 amide bonds. The topological polar surface area (TPSA) is 29.9 Å². The van der Waals surface area contributed by atoms with Crippen molar-refractivity contribution in [3.05, 3.63) is 70.9 Å². The molecule has 0 atom stereocenters. The van der Waals surface area contributed by atoms with E-state index in [2.05, 4.69) is 47.3 Å². The minimum absolute atomic E-state index is 0.518. The van der Waals surface area contributed by atoms with E-state index in [1.54, 1.807) is 0 Å². The second-order valence-corrected chi connectivity index (χ2v) is 7.08. The molecule has 0 spiro atoms. The fraction of sp³-hybridized carbons (Fsp3) is 0.286. The third-order valence-electron chi connectivity index (χ3n) is 4.98. The maximum Gasteiger partial charge on any atom is 0.0773 e. The second-order valence-electron chi connectivity index (χ2n) is 6.64. The number of rotatable bonds is 3. The van der Waals surface area contributed by atoms with Crippen molar-refractivity contribution in [1.82, 2.24) is 15.1 Å². The zero-order valence-electron chi connectivity index (χ0n) is 14.4. The van der Waals surface area contributed by atoms with Crippen molar-refractivity contribution in [1.29, 1.82) is 0 Å². The average molecular weight is 352 g/mol. The van der Waals surface area contributed by atoms with Gasteiger partial charge in [0.1, 0.15) is 0 Å². The van der Waals surface area contributed by atoms with Gasteiger partial charge >= 0.3 is 0 Å². The zero-order valence-corrected chi connectivity index (χ0v) is 15.1. The minimum Gasteiger partial charge on any atom is -0.317 e. The maximum absolute atomic E-state index is 6.26. The van der Waals surface area contributed by atoms with Crippen LogP contribution < -0.4 is 5.32 Å². The Balaban J connectivity index is 1.89. The van der Waals surface area contributed by atoms with E-state index in [0.29, 0.717) is 5.92 Å². The van der Waals surface area contributed by atoms with E-state index in [0.717, 1.165) is 47.9 Å². The van der Waals surface area contributed by atoms with Gasteiger partial charge < -0.3 is 5.32 Å². The van der Waals surface area contributed by atoms with Gasteiger partial charge in [0.15, 0.2) is 0 Å². The lowest BCUT2D eigenvalue weighted by Crippen LogP contribution is -2.27. The van der Waals surface area contributed by atoms with Crippen LogP contribution in [-0.2, 0) is 0 Å². The first-order valence-electron chi connectivity index (χ1n) is 8.85. The van der Waals surface area contributed by atoms with E-state index in [1.807, 2.05) is 24.3 Å². The molecule has 3 nitrogen and oxygen atoms in total. The monoisotopic (exact) mass is 351 g/mol. The lowest BCUT2D eigenvalue weighted by Gasteiger charge is -2.21. The molecule has 1 fully saturated rings. The third-order valence-corrected chi connectivity index (χ3v) is 5.22. The van der Waals surface area contributed by atoms with Crippen molar-refractivity contribution in [3.8, 4) is 16.9 Å². The highest BCUT2D eigenvalue weighted by Gasteiger charge is 2.24. The molecule has 4 heteroatoms. The summed E-state index contributed by atoms with van der Waals surface area (Å²) in [6, 6.07) is 18.4. The first-order chi connectivity index (χ1) is 12.2. The summed E-state index contributed by atoms with van der Waals surface area (Å²) in [7, 11) is 0. The summed E-state index contributed by atoms with van der Waals surface area (Å²) in [4.78, 5) is 0. The number of aromatic nitrogens is 2. The van der Waals surface area contributed by atoms with E-state index < -0.39 is 0 Å². The number of nitrogens with one attached hydrogen (secondary N) is 1. The Bertz CT molecular complexity index is 864. The summed E-state index contributed by atoms with van der Waals surface area (Å²) in [6.45, 7) is 4.32. The molecule has 3 aromatic rings. The highest BCUT2D eigenvalue weighted by atomic mass is 35.5. The van der Waals surface area contributed by atoms with Crippen LogP contribution in [0.1, 0.15) is 30.0 Å². The van der Waals surface area contributed by atoms with Crippen LogP contribution in [0.4, 0.5) is 0 Å². The van der Waals surface area contributed by atoms with Crippen molar-refractivity contribution < 1.29 is 0 Å². The predicted molar refractivity (Wildman–Crippen MR) is 104 cm³/mol. The molecule has 2 aromatic carbocycles. The lowest BCUT2D eigenvalue weighted by atomic mass is 9.91. The van der Waals surface area contributed by atoms with E-state index in [1.165, 1.54) is 11.3 Å². The van der Waals surface area contributed by atoms with Gasteiger partial charge in [-0.1, -0.05) is 41.9 Å². The normalized spacial score (nSPS) is 15.4. The van der Waals surface area contributed by atoms with Crippen LogP contribution >= 0.6 is 11.6 Å². The summed E-state index contributed by atoms with van der Waals surface area (Å²) in [5.74, 6) is 0.518. The molecule has 0 saturated carbocycles. The molecule has 128 valence electrons. The van der Waals surface area contributed by atoms with Crippen molar-refractivity contribution in [3.63, 3.8) is 0 Å². The first-order valence-corrected chi connectivity index (χ1v) is 9.23. The predicted octanol–water partition coefficient (Wildman–Crippen LogP) is 4.97. The maximum atomic E-state index is 6.26. The molecule has 1 saturated heterocycles. The van der Waals surface area contributed by atoms with Gasteiger partial charge in [-0.3, -0.25) is 0 Å². The summed E-state index contributed by atoms with van der Waals surface area (Å²) in [5, 5.41) is 9.25. The van der Waals surface area contributed by atoms with Crippen LogP contribution in [0.3, 0.4) is 0 Å². The van der Waals surface area contributed by atoms with E-state index in [9.17, 15) is 0 Å². The van der Waals surface area contributed by atoms with Gasteiger partial charge in [0.2, 0.25) is 0 Å². The molecule has 1 aliphatic rings.